The number of aromatic nitrogens is 1. The molecule has 1 fully saturated rings. The molecule has 1 N–H and O–H groups in total. The number of para-hydroxylation sites is 1. The molecule has 4 rings (SSSR count). The second-order valence-electron chi connectivity index (χ2n) is 7.68. The first-order valence-corrected chi connectivity index (χ1v) is 10.6. The zero-order valence-electron chi connectivity index (χ0n) is 17.0. The molecular weight excluding hydrogens is 384 g/mol. The predicted molar refractivity (Wildman–Crippen MR) is 115 cm³/mol. The summed E-state index contributed by atoms with van der Waals surface area (Å²) >= 11 is 1.66. The number of nitrogens with zero attached hydrogens (tertiary/aromatic N) is 3. The van der Waals surface area contributed by atoms with Crippen LogP contribution < -0.4 is 9.80 Å². The zero-order valence-corrected chi connectivity index (χ0v) is 17.9. The zero-order chi connectivity index (χ0) is 20.7. The molecule has 2 heterocycles. The number of carbonyl (C=O) groups excluding carboxylic acids is 2. The number of quaternary nitrogens is 1. The molecule has 6 nitrogen and oxygen atoms in total. The molecule has 0 spiro atoms. The van der Waals surface area contributed by atoms with Gasteiger partial charge < -0.3 is 4.90 Å². The first-order valence-electron chi connectivity index (χ1n) is 9.76. The van der Waals surface area contributed by atoms with E-state index in [9.17, 15) is 9.59 Å². The van der Waals surface area contributed by atoms with Crippen molar-refractivity contribution in [1.82, 2.24) is 9.88 Å². The van der Waals surface area contributed by atoms with Crippen LogP contribution in [0.2, 0.25) is 0 Å². The van der Waals surface area contributed by atoms with Crippen molar-refractivity contribution in [2.24, 2.45) is 0 Å². The van der Waals surface area contributed by atoms with Gasteiger partial charge in [-0.05, 0) is 45.0 Å². The lowest BCUT2D eigenvalue weighted by atomic mass is 10.2. The van der Waals surface area contributed by atoms with Crippen LogP contribution in [0.15, 0.2) is 48.5 Å². The third kappa shape index (κ3) is 3.52. The van der Waals surface area contributed by atoms with Crippen LogP contribution in [-0.2, 0) is 4.79 Å². The third-order valence-electron chi connectivity index (χ3n) is 5.59. The molecule has 0 bridgehead atoms. The topological polar surface area (TPSA) is 58.0 Å². The molecule has 1 aliphatic heterocycles. The van der Waals surface area contributed by atoms with E-state index in [4.69, 9.17) is 4.98 Å². The highest BCUT2D eigenvalue weighted by atomic mass is 32.1. The maximum Gasteiger partial charge on any atom is 0.336 e. The van der Waals surface area contributed by atoms with E-state index in [1.54, 1.807) is 23.2 Å². The summed E-state index contributed by atoms with van der Waals surface area (Å²) in [6.45, 7) is 6.17. The smallest absolute Gasteiger partial charge is 0.312 e. The molecule has 3 atom stereocenters. The molecular formula is C22H25N4O2S+. The van der Waals surface area contributed by atoms with E-state index in [1.165, 1.54) is 4.90 Å². The van der Waals surface area contributed by atoms with Crippen molar-refractivity contribution in [3.05, 3.63) is 59.1 Å². The van der Waals surface area contributed by atoms with Gasteiger partial charge in [0, 0.05) is 5.69 Å². The SMILES string of the molecule is Cc1ccc(N2C(=O)N(C[NH+](C)[C@@H](C)c3nc4ccccc4s3)C(=O)[C@@H]2C)cc1. The summed E-state index contributed by atoms with van der Waals surface area (Å²) in [4.78, 5) is 34.6. The molecule has 3 amide bonds. The second kappa shape index (κ2) is 7.57. The molecule has 2 aromatic carbocycles. The minimum Gasteiger partial charge on any atom is -0.312 e. The molecule has 29 heavy (non-hydrogen) atoms. The number of rotatable bonds is 5. The van der Waals surface area contributed by atoms with Crippen LogP contribution >= 0.6 is 11.3 Å². The van der Waals surface area contributed by atoms with Gasteiger partial charge >= 0.3 is 6.03 Å². The fraction of sp³-hybridized carbons (Fsp3) is 0.318. The highest BCUT2D eigenvalue weighted by Gasteiger charge is 2.45. The minimum absolute atomic E-state index is 0.0664. The number of hydrogen-bond donors (Lipinski definition) is 1. The van der Waals surface area contributed by atoms with Crippen LogP contribution in [-0.4, -0.2) is 41.6 Å². The number of aryl methyl sites for hydroxylation is 1. The number of hydrogen-bond acceptors (Lipinski definition) is 4. The monoisotopic (exact) mass is 409 g/mol. The lowest BCUT2D eigenvalue weighted by molar-refractivity contribution is -0.917. The Bertz CT molecular complexity index is 1030. The Morgan fingerprint density at radius 1 is 1.14 bits per heavy atom. The fourth-order valence-corrected chi connectivity index (χ4v) is 4.70. The highest BCUT2D eigenvalue weighted by molar-refractivity contribution is 7.18. The van der Waals surface area contributed by atoms with Gasteiger partial charge in [-0.3, -0.25) is 9.69 Å². The predicted octanol–water partition coefficient (Wildman–Crippen LogP) is 3.00. The number of imide groups is 1. The number of carbonyl (C=O) groups is 2. The highest BCUT2D eigenvalue weighted by Crippen LogP contribution is 2.27. The third-order valence-corrected chi connectivity index (χ3v) is 6.81. The molecule has 1 unspecified atom stereocenters. The minimum atomic E-state index is -0.504. The molecule has 7 heteroatoms. The van der Waals surface area contributed by atoms with Gasteiger partial charge in [-0.2, -0.15) is 0 Å². The Kier molecular flexibility index (Phi) is 5.10. The van der Waals surface area contributed by atoms with Crippen LogP contribution in [0.5, 0.6) is 0 Å². The van der Waals surface area contributed by atoms with Gasteiger partial charge in [-0.15, -0.1) is 11.3 Å². The average molecular weight is 410 g/mol. The van der Waals surface area contributed by atoms with Crippen molar-refractivity contribution >= 4 is 39.2 Å². The van der Waals surface area contributed by atoms with Crippen LogP contribution in [0.3, 0.4) is 0 Å². The van der Waals surface area contributed by atoms with Crippen molar-refractivity contribution in [2.75, 3.05) is 18.6 Å². The number of amides is 3. The Morgan fingerprint density at radius 2 is 1.83 bits per heavy atom. The van der Waals surface area contributed by atoms with Gasteiger partial charge in [0.05, 0.1) is 17.3 Å². The van der Waals surface area contributed by atoms with E-state index >= 15 is 0 Å². The van der Waals surface area contributed by atoms with Crippen molar-refractivity contribution in [1.29, 1.82) is 0 Å². The van der Waals surface area contributed by atoms with Gasteiger partial charge in [0.1, 0.15) is 12.1 Å². The summed E-state index contributed by atoms with van der Waals surface area (Å²) in [7, 11) is 2.00. The Labute approximate surface area is 174 Å². The van der Waals surface area contributed by atoms with Crippen molar-refractivity contribution in [2.45, 2.75) is 32.9 Å². The Hall–Kier alpha value is -2.77. The molecule has 1 saturated heterocycles. The first kappa shape index (κ1) is 19.5. The molecule has 0 saturated carbocycles. The summed E-state index contributed by atoms with van der Waals surface area (Å²) < 4.78 is 1.15. The summed E-state index contributed by atoms with van der Waals surface area (Å²) in [5.74, 6) is -0.161. The Morgan fingerprint density at radius 3 is 2.52 bits per heavy atom. The van der Waals surface area contributed by atoms with Crippen LogP contribution in [0, 0.1) is 6.92 Å². The number of nitrogens with one attached hydrogen (secondary N) is 1. The van der Waals surface area contributed by atoms with Gasteiger partial charge in [0.25, 0.3) is 5.91 Å². The van der Waals surface area contributed by atoms with E-state index in [-0.39, 0.29) is 18.0 Å². The van der Waals surface area contributed by atoms with E-state index < -0.39 is 6.04 Å². The summed E-state index contributed by atoms with van der Waals surface area (Å²) in [5, 5.41) is 1.01. The number of thiazole rings is 1. The number of benzene rings is 2. The average Bonchev–Trinajstić information content (AvgIpc) is 3.23. The van der Waals surface area contributed by atoms with E-state index in [1.807, 2.05) is 56.4 Å². The quantitative estimate of drug-likeness (QED) is 0.659. The molecule has 0 aliphatic carbocycles. The number of fused-ring (bicyclic) bond motifs is 1. The van der Waals surface area contributed by atoms with Crippen molar-refractivity contribution in [3.63, 3.8) is 0 Å². The van der Waals surface area contributed by atoms with Crippen molar-refractivity contribution < 1.29 is 14.5 Å². The van der Waals surface area contributed by atoms with Crippen LogP contribution in [0.1, 0.15) is 30.5 Å². The Balaban J connectivity index is 1.52. The summed E-state index contributed by atoms with van der Waals surface area (Å²) in [5.41, 5.74) is 2.85. The molecule has 1 aromatic heterocycles. The standard InChI is InChI=1S/C22H24N4O2S/c1-14-9-11-17(12-10-14)26-16(3)21(27)25(22(26)28)13-24(4)15(2)20-23-18-7-5-6-8-19(18)29-20/h5-12,15-16H,13H2,1-4H3/p+1/t15-,16-/m0/s1. The van der Waals surface area contributed by atoms with Crippen molar-refractivity contribution in [3.8, 4) is 0 Å². The first-order chi connectivity index (χ1) is 13.9. The normalized spacial score (nSPS) is 19.2. The fourth-order valence-electron chi connectivity index (χ4n) is 3.58. The second-order valence-corrected chi connectivity index (χ2v) is 8.74. The maximum atomic E-state index is 13.1. The van der Waals surface area contributed by atoms with Gasteiger partial charge in [0.2, 0.25) is 0 Å². The summed E-state index contributed by atoms with van der Waals surface area (Å²) in [6.07, 6.45) is 0. The van der Waals surface area contributed by atoms with Crippen LogP contribution in [0.4, 0.5) is 10.5 Å². The number of anilines is 1. The lowest BCUT2D eigenvalue weighted by Gasteiger charge is -2.24. The molecule has 3 aromatic rings. The number of urea groups is 1. The van der Waals surface area contributed by atoms with Gasteiger partial charge in [0.15, 0.2) is 11.7 Å². The van der Waals surface area contributed by atoms with Crippen LogP contribution in [0.25, 0.3) is 10.2 Å². The van der Waals surface area contributed by atoms with Gasteiger partial charge in [-0.1, -0.05) is 29.8 Å². The molecule has 150 valence electrons. The van der Waals surface area contributed by atoms with E-state index in [2.05, 4.69) is 13.0 Å². The summed E-state index contributed by atoms with van der Waals surface area (Å²) in [6, 6.07) is 15.0. The van der Waals surface area contributed by atoms with E-state index in [0.29, 0.717) is 6.67 Å². The molecule has 0 radical (unpaired) electrons. The van der Waals surface area contributed by atoms with E-state index in [0.717, 1.165) is 31.4 Å². The molecule has 1 aliphatic rings. The lowest BCUT2D eigenvalue weighted by Crippen LogP contribution is -3.10. The maximum absolute atomic E-state index is 13.1. The van der Waals surface area contributed by atoms with Gasteiger partial charge in [-0.25, -0.2) is 14.7 Å². The largest absolute Gasteiger partial charge is 0.336 e.